The second kappa shape index (κ2) is 6.82. The van der Waals surface area contributed by atoms with Gasteiger partial charge in [-0.15, -0.1) is 15.3 Å². The van der Waals surface area contributed by atoms with Crippen molar-refractivity contribution in [2.45, 2.75) is 19.6 Å². The average Bonchev–Trinajstić information content (AvgIpc) is 3.24. The van der Waals surface area contributed by atoms with Crippen molar-refractivity contribution >= 4 is 28.3 Å². The van der Waals surface area contributed by atoms with Gasteiger partial charge in [-0.3, -0.25) is 10.00 Å². The van der Waals surface area contributed by atoms with Crippen LogP contribution in [0.3, 0.4) is 0 Å². The Labute approximate surface area is 144 Å². The van der Waals surface area contributed by atoms with Crippen molar-refractivity contribution in [1.82, 2.24) is 30.1 Å². The molecule has 0 spiro atoms. The molecule has 2 aromatic rings. The number of urea groups is 1. The Morgan fingerprint density at radius 3 is 2.52 bits per heavy atom. The van der Waals surface area contributed by atoms with Gasteiger partial charge in [0, 0.05) is 32.7 Å². The van der Waals surface area contributed by atoms with E-state index in [-0.39, 0.29) is 11.2 Å². The van der Waals surface area contributed by atoms with Crippen molar-refractivity contribution in [3.8, 4) is 0 Å². The number of halogens is 3. The van der Waals surface area contributed by atoms with E-state index >= 15 is 0 Å². The molecule has 0 aromatic carbocycles. The number of carbonyl (C=O) groups is 1. The van der Waals surface area contributed by atoms with E-state index in [4.69, 9.17) is 0 Å². The smallest absolute Gasteiger partial charge is 0.343 e. The Balaban J connectivity index is 1.54. The Hall–Kier alpha value is -2.44. The summed E-state index contributed by atoms with van der Waals surface area (Å²) in [6, 6.07) is -0.323. The van der Waals surface area contributed by atoms with Crippen LogP contribution in [0, 0.1) is 0 Å². The highest BCUT2D eigenvalue weighted by molar-refractivity contribution is 7.15. The van der Waals surface area contributed by atoms with Crippen LogP contribution in [0.25, 0.3) is 0 Å². The molecule has 136 valence electrons. The maximum Gasteiger partial charge on any atom is 0.445 e. The first kappa shape index (κ1) is 17.4. The molecule has 0 atom stereocenters. The molecule has 3 heterocycles. The van der Waals surface area contributed by atoms with Crippen LogP contribution in [-0.4, -0.2) is 62.3 Å². The zero-order valence-corrected chi connectivity index (χ0v) is 14.0. The number of aromatic nitrogens is 5. The second-order valence-corrected chi connectivity index (χ2v) is 6.21. The Kier molecular flexibility index (Phi) is 4.74. The number of rotatable bonds is 3. The molecule has 1 fully saturated rings. The fourth-order valence-electron chi connectivity index (χ4n) is 2.26. The van der Waals surface area contributed by atoms with Crippen LogP contribution >= 0.6 is 11.3 Å². The standard InChI is InChI=1S/C12H15F3N8OS/c1-2-23-7-8(17-20-23)16-10(24)21-3-5-22(6-4-21)11-19-18-9(25-11)12(13,14)15/h7H,2-6H2,1H3,(H,16,24). The molecule has 25 heavy (non-hydrogen) atoms. The molecule has 0 saturated carbocycles. The zero-order chi connectivity index (χ0) is 18.0. The maximum atomic E-state index is 12.6. The van der Waals surface area contributed by atoms with E-state index in [1.807, 2.05) is 6.92 Å². The molecule has 0 radical (unpaired) electrons. The summed E-state index contributed by atoms with van der Waals surface area (Å²) in [5, 5.41) is 16.3. The number of piperazine rings is 1. The number of alkyl halides is 3. The third-order valence-electron chi connectivity index (χ3n) is 3.59. The van der Waals surface area contributed by atoms with Gasteiger partial charge in [0.25, 0.3) is 0 Å². The van der Waals surface area contributed by atoms with Crippen LogP contribution in [-0.2, 0) is 12.7 Å². The van der Waals surface area contributed by atoms with Crippen LogP contribution in [0.5, 0.6) is 0 Å². The Bertz CT molecular complexity index is 737. The number of aryl methyl sites for hydroxylation is 1. The first-order valence-electron chi connectivity index (χ1n) is 7.48. The number of hydrogen-bond donors (Lipinski definition) is 1. The van der Waals surface area contributed by atoms with Crippen LogP contribution in [0.4, 0.5) is 28.9 Å². The first-order valence-corrected chi connectivity index (χ1v) is 8.30. The van der Waals surface area contributed by atoms with Gasteiger partial charge in [0.1, 0.15) is 0 Å². The molecular weight excluding hydrogens is 361 g/mol. The average molecular weight is 376 g/mol. The largest absolute Gasteiger partial charge is 0.445 e. The van der Waals surface area contributed by atoms with E-state index in [1.165, 1.54) is 0 Å². The van der Waals surface area contributed by atoms with Crippen molar-refractivity contribution in [1.29, 1.82) is 0 Å². The number of carbonyl (C=O) groups excluding carboxylic acids is 1. The van der Waals surface area contributed by atoms with Gasteiger partial charge in [-0.05, 0) is 6.92 Å². The fourth-order valence-corrected chi connectivity index (χ4v) is 3.02. The first-order chi connectivity index (χ1) is 11.9. The second-order valence-electron chi connectivity index (χ2n) is 5.25. The normalized spacial score (nSPS) is 15.5. The van der Waals surface area contributed by atoms with E-state index in [2.05, 4.69) is 25.8 Å². The lowest BCUT2D eigenvalue weighted by Gasteiger charge is -2.34. The van der Waals surface area contributed by atoms with Gasteiger partial charge in [0.2, 0.25) is 10.1 Å². The molecule has 3 rings (SSSR count). The van der Waals surface area contributed by atoms with Gasteiger partial charge in [0.05, 0.1) is 6.20 Å². The summed E-state index contributed by atoms with van der Waals surface area (Å²) < 4.78 is 39.3. The molecule has 13 heteroatoms. The number of hydrogen-bond acceptors (Lipinski definition) is 7. The van der Waals surface area contributed by atoms with E-state index in [0.717, 1.165) is 0 Å². The summed E-state index contributed by atoms with van der Waals surface area (Å²) in [4.78, 5) is 15.4. The number of nitrogens with zero attached hydrogens (tertiary/aromatic N) is 7. The molecular formula is C12H15F3N8OS. The topological polar surface area (TPSA) is 92.1 Å². The lowest BCUT2D eigenvalue weighted by Crippen LogP contribution is -2.50. The van der Waals surface area contributed by atoms with Crippen molar-refractivity contribution in [2.75, 3.05) is 36.4 Å². The minimum atomic E-state index is -4.49. The predicted molar refractivity (Wildman–Crippen MR) is 83.4 cm³/mol. The van der Waals surface area contributed by atoms with Crippen molar-refractivity contribution in [2.24, 2.45) is 0 Å². The van der Waals surface area contributed by atoms with Gasteiger partial charge in [-0.25, -0.2) is 4.79 Å². The molecule has 1 saturated heterocycles. The minimum absolute atomic E-state index is 0.207. The summed E-state index contributed by atoms with van der Waals surface area (Å²) in [5.41, 5.74) is 0. The van der Waals surface area contributed by atoms with Crippen molar-refractivity contribution < 1.29 is 18.0 Å². The minimum Gasteiger partial charge on any atom is -0.343 e. The number of nitrogens with one attached hydrogen (secondary N) is 1. The monoisotopic (exact) mass is 376 g/mol. The molecule has 1 aliphatic heterocycles. The van der Waals surface area contributed by atoms with E-state index in [1.54, 1.807) is 20.7 Å². The molecule has 0 bridgehead atoms. The van der Waals surface area contributed by atoms with Gasteiger partial charge >= 0.3 is 12.2 Å². The van der Waals surface area contributed by atoms with Crippen LogP contribution in [0.2, 0.25) is 0 Å². The van der Waals surface area contributed by atoms with Gasteiger partial charge in [-0.1, -0.05) is 16.6 Å². The van der Waals surface area contributed by atoms with Crippen LogP contribution in [0.15, 0.2) is 6.20 Å². The van der Waals surface area contributed by atoms with Crippen LogP contribution in [0.1, 0.15) is 11.9 Å². The Morgan fingerprint density at radius 1 is 1.24 bits per heavy atom. The molecule has 0 unspecified atom stereocenters. The highest BCUT2D eigenvalue weighted by atomic mass is 32.1. The van der Waals surface area contributed by atoms with E-state index in [0.29, 0.717) is 49.9 Å². The zero-order valence-electron chi connectivity index (χ0n) is 13.2. The molecule has 1 N–H and O–H groups in total. The van der Waals surface area contributed by atoms with Gasteiger partial charge < -0.3 is 9.80 Å². The SMILES string of the molecule is CCn1cc(NC(=O)N2CCN(c3nnc(C(F)(F)F)s3)CC2)nn1. The lowest BCUT2D eigenvalue weighted by atomic mass is 10.3. The van der Waals surface area contributed by atoms with E-state index < -0.39 is 11.2 Å². The van der Waals surface area contributed by atoms with Gasteiger partial charge in [-0.2, -0.15) is 13.2 Å². The van der Waals surface area contributed by atoms with Crippen LogP contribution < -0.4 is 10.2 Å². The highest BCUT2D eigenvalue weighted by Crippen LogP contribution is 2.34. The molecule has 0 aliphatic carbocycles. The van der Waals surface area contributed by atoms with Crippen molar-refractivity contribution in [3.63, 3.8) is 0 Å². The Morgan fingerprint density at radius 2 is 1.96 bits per heavy atom. The summed E-state index contributed by atoms with van der Waals surface area (Å²) in [6.07, 6.45) is -2.87. The predicted octanol–water partition coefficient (Wildman–Crippen LogP) is 1.52. The van der Waals surface area contributed by atoms with E-state index in [9.17, 15) is 18.0 Å². The molecule has 9 nitrogen and oxygen atoms in total. The summed E-state index contributed by atoms with van der Waals surface area (Å²) in [6.45, 7) is 4.01. The highest BCUT2D eigenvalue weighted by Gasteiger charge is 2.36. The molecule has 1 aliphatic rings. The summed E-state index contributed by atoms with van der Waals surface area (Å²) >= 11 is 0.502. The summed E-state index contributed by atoms with van der Waals surface area (Å²) in [5.74, 6) is 0.355. The fraction of sp³-hybridized carbons (Fsp3) is 0.583. The molecule has 2 aromatic heterocycles. The maximum absolute atomic E-state index is 12.6. The quantitative estimate of drug-likeness (QED) is 0.873. The van der Waals surface area contributed by atoms with Gasteiger partial charge in [0.15, 0.2) is 5.82 Å². The molecule has 2 amide bonds. The third kappa shape index (κ3) is 3.97. The summed E-state index contributed by atoms with van der Waals surface area (Å²) in [7, 11) is 0. The number of anilines is 2. The lowest BCUT2D eigenvalue weighted by molar-refractivity contribution is -0.138. The van der Waals surface area contributed by atoms with Crippen molar-refractivity contribution in [3.05, 3.63) is 11.2 Å². The number of amides is 2. The third-order valence-corrected chi connectivity index (χ3v) is 4.62.